The van der Waals surface area contributed by atoms with E-state index in [1.807, 2.05) is 37.4 Å². The van der Waals surface area contributed by atoms with Crippen LogP contribution in [0.25, 0.3) is 17.5 Å². The third-order valence-corrected chi connectivity index (χ3v) is 9.64. The summed E-state index contributed by atoms with van der Waals surface area (Å²) in [5.41, 5.74) is 21.8. The smallest absolute Gasteiger partial charge is 0.231 e. The number of aromatic nitrogens is 1. The highest BCUT2D eigenvalue weighted by atomic mass is 35.5. The van der Waals surface area contributed by atoms with Gasteiger partial charge >= 0.3 is 0 Å². The highest BCUT2D eigenvalue weighted by Crippen LogP contribution is 2.36. The Labute approximate surface area is 274 Å². The van der Waals surface area contributed by atoms with Gasteiger partial charge in [-0.15, -0.1) is 0 Å². The van der Waals surface area contributed by atoms with E-state index in [1.54, 1.807) is 11.0 Å². The molecule has 3 aromatic rings. The summed E-state index contributed by atoms with van der Waals surface area (Å²) in [6.45, 7) is 1.98. The summed E-state index contributed by atoms with van der Waals surface area (Å²) in [6.07, 6.45) is 11.1. The Bertz CT molecular complexity index is 1660. The maximum Gasteiger partial charge on any atom is 0.231 e. The van der Waals surface area contributed by atoms with Crippen LogP contribution >= 0.6 is 11.6 Å². The lowest BCUT2D eigenvalue weighted by Gasteiger charge is -2.33. The molecule has 0 radical (unpaired) electrons. The summed E-state index contributed by atoms with van der Waals surface area (Å²) in [7, 11) is 0. The average Bonchev–Trinajstić information content (AvgIpc) is 3.74. The first-order valence-corrected chi connectivity index (χ1v) is 16.9. The molecule has 1 unspecified atom stereocenters. The van der Waals surface area contributed by atoms with Crippen molar-refractivity contribution in [2.24, 2.45) is 33.1 Å². The monoisotopic (exact) mass is 648 g/mol. The van der Waals surface area contributed by atoms with Gasteiger partial charge in [0.05, 0.1) is 16.8 Å². The maximum absolute atomic E-state index is 15.2. The molecule has 1 saturated heterocycles. The highest BCUT2D eigenvalue weighted by molar-refractivity contribution is 6.31. The number of anilines is 1. The lowest BCUT2D eigenvalue weighted by molar-refractivity contribution is 0.186. The molecule has 3 aliphatic rings. The SMILES string of the molecule is C[C@H](N)CCCc1cc(Cl)c(F)c(-c2cc3c([nH]2)=NC(O)N(c2ccc([C@@H]4CCC[C@@H](C[C@@H](CC5CC5)N=C(N)N)N4)cc2)C=3)c1. The third-order valence-electron chi connectivity index (χ3n) is 9.37. The summed E-state index contributed by atoms with van der Waals surface area (Å²) in [6, 6.07) is 14.5. The average molecular weight is 649 g/mol. The molecule has 0 amide bonds. The van der Waals surface area contributed by atoms with Crippen molar-refractivity contribution in [3.8, 4) is 11.3 Å². The van der Waals surface area contributed by atoms with Gasteiger partial charge in [0.15, 0.2) is 11.8 Å². The zero-order chi connectivity index (χ0) is 32.4. The van der Waals surface area contributed by atoms with E-state index in [-0.39, 0.29) is 29.1 Å². The number of halogens is 2. The molecule has 2 aromatic carbocycles. The molecule has 6 rings (SSSR count). The van der Waals surface area contributed by atoms with Gasteiger partial charge < -0.3 is 37.5 Å². The van der Waals surface area contributed by atoms with E-state index in [1.165, 1.54) is 18.4 Å². The molecule has 9 N–H and O–H groups in total. The number of guanidine groups is 1. The van der Waals surface area contributed by atoms with E-state index in [2.05, 4.69) is 32.4 Å². The van der Waals surface area contributed by atoms with Crippen LogP contribution in [0, 0.1) is 11.7 Å². The number of aliphatic hydroxyl groups is 1. The number of piperidine rings is 1. The molecular formula is C35H46ClFN8O. The van der Waals surface area contributed by atoms with Crippen molar-refractivity contribution >= 4 is 29.4 Å². The fourth-order valence-electron chi connectivity index (χ4n) is 6.85. The highest BCUT2D eigenvalue weighted by Gasteiger charge is 2.30. The number of aromatic amines is 1. The Balaban J connectivity index is 1.16. The Hall–Kier alpha value is -3.44. The summed E-state index contributed by atoms with van der Waals surface area (Å²) < 4.78 is 15.2. The van der Waals surface area contributed by atoms with Crippen molar-refractivity contribution < 1.29 is 9.50 Å². The van der Waals surface area contributed by atoms with E-state index in [0.717, 1.165) is 73.8 Å². The number of fused-ring (bicyclic) bond motifs is 1. The van der Waals surface area contributed by atoms with E-state index in [0.29, 0.717) is 22.8 Å². The van der Waals surface area contributed by atoms with Gasteiger partial charge in [-0.3, -0.25) is 4.99 Å². The molecule has 5 atom stereocenters. The molecule has 9 nitrogen and oxygen atoms in total. The number of aliphatic imine (C=N–C) groups is 1. The molecular weight excluding hydrogens is 603 g/mol. The van der Waals surface area contributed by atoms with Crippen LogP contribution in [-0.4, -0.2) is 40.5 Å². The van der Waals surface area contributed by atoms with Crippen molar-refractivity contribution in [3.05, 3.63) is 75.1 Å². The van der Waals surface area contributed by atoms with Crippen molar-refractivity contribution in [3.63, 3.8) is 0 Å². The predicted octanol–water partition coefficient (Wildman–Crippen LogP) is 4.31. The summed E-state index contributed by atoms with van der Waals surface area (Å²) in [5, 5.41) is 15.6. The summed E-state index contributed by atoms with van der Waals surface area (Å²) in [4.78, 5) is 13.9. The van der Waals surface area contributed by atoms with Crippen LogP contribution in [0.4, 0.5) is 10.1 Å². The number of nitrogens with zero attached hydrogens (tertiary/aromatic N) is 3. The van der Waals surface area contributed by atoms with Gasteiger partial charge in [-0.2, -0.15) is 0 Å². The molecule has 1 saturated carbocycles. The van der Waals surface area contributed by atoms with E-state index >= 15 is 4.39 Å². The second-order valence-electron chi connectivity index (χ2n) is 13.4. The minimum Gasteiger partial charge on any atom is -0.370 e. The minimum absolute atomic E-state index is 0.0779. The molecule has 2 fully saturated rings. The number of hydrogen-bond donors (Lipinski definition) is 6. The lowest BCUT2D eigenvalue weighted by atomic mass is 9.89. The van der Waals surface area contributed by atoms with Gasteiger partial charge in [0.1, 0.15) is 5.49 Å². The van der Waals surface area contributed by atoms with Crippen LogP contribution in [0.5, 0.6) is 0 Å². The van der Waals surface area contributed by atoms with E-state index in [9.17, 15) is 5.11 Å². The number of nitrogens with one attached hydrogen (secondary N) is 2. The molecule has 2 aliphatic heterocycles. The second-order valence-corrected chi connectivity index (χ2v) is 13.8. The Morgan fingerprint density at radius 2 is 1.91 bits per heavy atom. The lowest BCUT2D eigenvalue weighted by Crippen LogP contribution is -2.41. The molecule has 1 aliphatic carbocycles. The molecule has 0 spiro atoms. The van der Waals surface area contributed by atoms with Gasteiger partial charge in [0.25, 0.3) is 0 Å². The quantitative estimate of drug-likeness (QED) is 0.127. The van der Waals surface area contributed by atoms with E-state index < -0.39 is 12.2 Å². The molecule has 46 heavy (non-hydrogen) atoms. The zero-order valence-corrected chi connectivity index (χ0v) is 27.2. The van der Waals surface area contributed by atoms with Crippen molar-refractivity contribution in [2.75, 3.05) is 4.90 Å². The van der Waals surface area contributed by atoms with Gasteiger partial charge in [-0.25, -0.2) is 9.38 Å². The second kappa shape index (κ2) is 14.1. The topological polar surface area (TPSA) is 154 Å². The van der Waals surface area contributed by atoms with Crippen LogP contribution in [-0.2, 0) is 6.42 Å². The fraction of sp³-hybridized carbons (Fsp3) is 0.486. The van der Waals surface area contributed by atoms with Gasteiger partial charge in [0.2, 0.25) is 6.35 Å². The van der Waals surface area contributed by atoms with Gasteiger partial charge in [-0.1, -0.05) is 43.0 Å². The summed E-state index contributed by atoms with van der Waals surface area (Å²) in [5.74, 6) is 0.446. The van der Waals surface area contributed by atoms with Crippen molar-refractivity contribution in [2.45, 2.75) is 102 Å². The van der Waals surface area contributed by atoms with Crippen LogP contribution in [0.1, 0.15) is 81.9 Å². The largest absolute Gasteiger partial charge is 0.370 e. The molecule has 3 heterocycles. The van der Waals surface area contributed by atoms with Crippen LogP contribution in [0.3, 0.4) is 0 Å². The molecule has 0 bridgehead atoms. The van der Waals surface area contributed by atoms with Crippen molar-refractivity contribution in [1.82, 2.24) is 10.3 Å². The Morgan fingerprint density at radius 1 is 1.13 bits per heavy atom. The predicted molar refractivity (Wildman–Crippen MR) is 183 cm³/mol. The first kappa shape index (κ1) is 32.5. The molecule has 246 valence electrons. The van der Waals surface area contributed by atoms with E-state index in [4.69, 9.17) is 28.8 Å². The third kappa shape index (κ3) is 7.91. The number of benzene rings is 2. The zero-order valence-electron chi connectivity index (χ0n) is 26.4. The number of rotatable bonds is 12. The minimum atomic E-state index is -1.13. The van der Waals surface area contributed by atoms with Crippen LogP contribution < -0.4 is 38.1 Å². The number of hydrogen-bond acceptors (Lipinski definition) is 6. The number of nitrogens with two attached hydrogens (primary N) is 3. The van der Waals surface area contributed by atoms with Gasteiger partial charge in [-0.05, 0) is 99.2 Å². The number of aliphatic hydroxyl groups excluding tert-OH is 1. The molecule has 1 aromatic heterocycles. The number of aryl methyl sites for hydroxylation is 1. The first-order valence-electron chi connectivity index (χ1n) is 16.6. The standard InChI is InChI=1S/C35H46ClFN8O/c1-20(38)4-2-5-22-15-28(32(37)29(36)16-22)31-17-24-19-45(35(46)44-33(24)43-31)27-12-10-23(11-13-27)30-7-3-6-25(41-30)18-26(42-34(39)40)14-21-8-9-21/h10-13,15-17,19-21,25-26,30,35,41,46H,2-9,14,18,38H2,1H3,(H,43,44)(H4,39,40,42)/t20-,25-,26+,30-,35?/m0/s1. The Kier molecular flexibility index (Phi) is 9.98. The van der Waals surface area contributed by atoms with Crippen LogP contribution in [0.15, 0.2) is 52.4 Å². The summed E-state index contributed by atoms with van der Waals surface area (Å²) >= 11 is 6.29. The molecule has 11 heteroatoms. The Morgan fingerprint density at radius 3 is 2.63 bits per heavy atom. The first-order chi connectivity index (χ1) is 22.1. The van der Waals surface area contributed by atoms with Crippen molar-refractivity contribution in [1.29, 1.82) is 0 Å². The van der Waals surface area contributed by atoms with Gasteiger partial charge in [0, 0.05) is 40.8 Å². The maximum atomic E-state index is 15.2. The normalized spacial score (nSPS) is 22.4. The fourth-order valence-corrected chi connectivity index (χ4v) is 7.09. The number of H-pyrrole nitrogens is 1. The van der Waals surface area contributed by atoms with Crippen LogP contribution in [0.2, 0.25) is 5.02 Å².